The fraction of sp³-hybridized carbons (Fsp3) is 0.765. The van der Waals surface area contributed by atoms with Gasteiger partial charge in [0.2, 0.25) is 0 Å². The second-order valence-electron chi connectivity index (χ2n) is 6.24. The van der Waals surface area contributed by atoms with Crippen LogP contribution in [0.15, 0.2) is 4.99 Å². The van der Waals surface area contributed by atoms with E-state index >= 15 is 0 Å². The highest BCUT2D eigenvalue weighted by Gasteiger charge is 2.13. The van der Waals surface area contributed by atoms with Crippen LogP contribution in [0.5, 0.6) is 0 Å². The zero-order valence-corrected chi connectivity index (χ0v) is 17.8. The first kappa shape index (κ1) is 20.7. The summed E-state index contributed by atoms with van der Waals surface area (Å²) in [6, 6.07) is 0. The van der Waals surface area contributed by atoms with Crippen LogP contribution in [0.3, 0.4) is 0 Å². The number of nitrogens with one attached hydrogen (secondary N) is 2. The van der Waals surface area contributed by atoms with Gasteiger partial charge in [0, 0.05) is 18.5 Å². The van der Waals surface area contributed by atoms with Gasteiger partial charge < -0.3 is 10.6 Å². The molecule has 4 nitrogen and oxygen atoms in total. The summed E-state index contributed by atoms with van der Waals surface area (Å²) in [6.07, 6.45) is 9.81. The van der Waals surface area contributed by atoms with E-state index < -0.39 is 0 Å². The predicted molar refractivity (Wildman–Crippen MR) is 111 cm³/mol. The number of halogens is 1. The maximum atomic E-state index is 4.46. The third-order valence-electron chi connectivity index (χ3n) is 4.45. The number of unbranched alkanes of at least 4 members (excludes halogenated alkanes) is 1. The molecule has 0 atom stereocenters. The fourth-order valence-corrected chi connectivity index (χ4v) is 4.06. The summed E-state index contributed by atoms with van der Waals surface area (Å²) in [5.41, 5.74) is 1.13. The molecule has 0 aromatic carbocycles. The van der Waals surface area contributed by atoms with Crippen molar-refractivity contribution in [2.24, 2.45) is 10.9 Å². The molecule has 0 unspecified atom stereocenters. The standard InChI is InChI=1S/C17H30N4S.HI/c1-13-16(22-14(2)21-13)12-20-17(18-3)19-11-7-6-10-15-8-4-5-9-15;/h15H,4-12H2,1-3H3,(H2,18,19,20);1H. The number of aromatic nitrogens is 1. The minimum Gasteiger partial charge on any atom is -0.356 e. The van der Waals surface area contributed by atoms with Crippen LogP contribution in [0.25, 0.3) is 0 Å². The Balaban J connectivity index is 0.00000264. The topological polar surface area (TPSA) is 49.3 Å². The normalized spacial score (nSPS) is 15.5. The molecular formula is C17H31IN4S. The second kappa shape index (κ2) is 11.2. The van der Waals surface area contributed by atoms with E-state index in [0.29, 0.717) is 0 Å². The van der Waals surface area contributed by atoms with Crippen molar-refractivity contribution < 1.29 is 0 Å². The number of hydrogen-bond donors (Lipinski definition) is 2. The lowest BCUT2D eigenvalue weighted by atomic mass is 10.0. The number of hydrogen-bond acceptors (Lipinski definition) is 3. The van der Waals surface area contributed by atoms with Crippen LogP contribution in [0.4, 0.5) is 0 Å². The third kappa shape index (κ3) is 7.37. The summed E-state index contributed by atoms with van der Waals surface area (Å²) < 4.78 is 0. The molecule has 23 heavy (non-hydrogen) atoms. The van der Waals surface area contributed by atoms with E-state index in [9.17, 15) is 0 Å². The molecule has 0 spiro atoms. The summed E-state index contributed by atoms with van der Waals surface area (Å²) >= 11 is 1.76. The zero-order chi connectivity index (χ0) is 15.8. The molecule has 0 bridgehead atoms. The Kier molecular flexibility index (Phi) is 10.1. The molecule has 2 rings (SSSR count). The molecule has 2 N–H and O–H groups in total. The Morgan fingerprint density at radius 3 is 2.57 bits per heavy atom. The third-order valence-corrected chi connectivity index (χ3v) is 5.52. The van der Waals surface area contributed by atoms with Gasteiger partial charge in [-0.05, 0) is 26.2 Å². The first-order chi connectivity index (χ1) is 10.7. The molecule has 0 saturated heterocycles. The Morgan fingerprint density at radius 2 is 1.96 bits per heavy atom. The van der Waals surface area contributed by atoms with Crippen LogP contribution >= 0.6 is 35.3 Å². The molecule has 1 aromatic heterocycles. The van der Waals surface area contributed by atoms with Crippen LogP contribution in [0, 0.1) is 19.8 Å². The van der Waals surface area contributed by atoms with E-state index in [0.717, 1.165) is 35.7 Å². The molecule has 132 valence electrons. The quantitative estimate of drug-likeness (QED) is 0.280. The largest absolute Gasteiger partial charge is 0.356 e. The molecule has 1 aromatic rings. The Morgan fingerprint density at radius 1 is 1.22 bits per heavy atom. The highest BCUT2D eigenvalue weighted by atomic mass is 127. The monoisotopic (exact) mass is 450 g/mol. The Labute approximate surface area is 162 Å². The van der Waals surface area contributed by atoms with Gasteiger partial charge in [-0.2, -0.15) is 0 Å². The molecule has 6 heteroatoms. The molecule has 0 aliphatic heterocycles. The summed E-state index contributed by atoms with van der Waals surface area (Å²) in [5, 5.41) is 7.92. The van der Waals surface area contributed by atoms with Gasteiger partial charge in [-0.15, -0.1) is 35.3 Å². The van der Waals surface area contributed by atoms with E-state index in [2.05, 4.69) is 34.5 Å². The number of guanidine groups is 1. The van der Waals surface area contributed by atoms with Crippen molar-refractivity contribution in [3.8, 4) is 0 Å². The second-order valence-corrected chi connectivity index (χ2v) is 7.53. The van der Waals surface area contributed by atoms with E-state index in [1.165, 1.54) is 49.8 Å². The highest BCUT2D eigenvalue weighted by molar-refractivity contribution is 14.0. The predicted octanol–water partition coefficient (Wildman–Crippen LogP) is 4.40. The van der Waals surface area contributed by atoms with Crippen LogP contribution < -0.4 is 10.6 Å². The number of nitrogens with zero attached hydrogens (tertiary/aromatic N) is 2. The maximum absolute atomic E-state index is 4.46. The lowest BCUT2D eigenvalue weighted by molar-refractivity contribution is 0.472. The first-order valence-electron chi connectivity index (χ1n) is 8.56. The van der Waals surface area contributed by atoms with Gasteiger partial charge in [0.05, 0.1) is 17.2 Å². The number of aliphatic imine (C=N–C) groups is 1. The summed E-state index contributed by atoms with van der Waals surface area (Å²) in [7, 11) is 1.83. The van der Waals surface area contributed by atoms with Gasteiger partial charge >= 0.3 is 0 Å². The van der Waals surface area contributed by atoms with E-state index in [-0.39, 0.29) is 24.0 Å². The fourth-order valence-electron chi connectivity index (χ4n) is 3.19. The molecular weight excluding hydrogens is 419 g/mol. The van der Waals surface area contributed by atoms with Crippen molar-refractivity contribution in [1.82, 2.24) is 15.6 Å². The summed E-state index contributed by atoms with van der Waals surface area (Å²) in [6.45, 7) is 5.94. The van der Waals surface area contributed by atoms with Crippen molar-refractivity contribution in [3.05, 3.63) is 15.6 Å². The maximum Gasteiger partial charge on any atom is 0.191 e. The van der Waals surface area contributed by atoms with E-state index in [1.54, 1.807) is 11.3 Å². The molecule has 0 amide bonds. The van der Waals surface area contributed by atoms with Crippen LogP contribution in [-0.2, 0) is 6.54 Å². The molecule has 1 saturated carbocycles. The zero-order valence-electron chi connectivity index (χ0n) is 14.7. The van der Waals surface area contributed by atoms with Gasteiger partial charge in [-0.25, -0.2) is 4.98 Å². The van der Waals surface area contributed by atoms with Gasteiger partial charge in [0.1, 0.15) is 0 Å². The van der Waals surface area contributed by atoms with Crippen molar-refractivity contribution >= 4 is 41.3 Å². The van der Waals surface area contributed by atoms with Crippen molar-refractivity contribution in [2.45, 2.75) is 65.3 Å². The van der Waals surface area contributed by atoms with Gasteiger partial charge in [0.25, 0.3) is 0 Å². The number of thiazole rings is 1. The van der Waals surface area contributed by atoms with Crippen LogP contribution in [0.1, 0.15) is 60.5 Å². The van der Waals surface area contributed by atoms with Gasteiger partial charge in [-0.3, -0.25) is 4.99 Å². The lowest BCUT2D eigenvalue weighted by Gasteiger charge is -2.12. The minimum absolute atomic E-state index is 0. The minimum atomic E-state index is 0. The van der Waals surface area contributed by atoms with Gasteiger partial charge in [0.15, 0.2) is 5.96 Å². The summed E-state index contributed by atoms with van der Waals surface area (Å²) in [4.78, 5) is 10.0. The van der Waals surface area contributed by atoms with Crippen molar-refractivity contribution in [3.63, 3.8) is 0 Å². The average molecular weight is 450 g/mol. The highest BCUT2D eigenvalue weighted by Crippen LogP contribution is 2.28. The Hall–Kier alpha value is -0.370. The SMILES string of the molecule is CN=C(NCCCCC1CCCC1)NCc1sc(C)nc1C.I. The Bertz CT molecular complexity index is 481. The van der Waals surface area contributed by atoms with Crippen molar-refractivity contribution in [1.29, 1.82) is 0 Å². The summed E-state index contributed by atoms with van der Waals surface area (Å²) in [5.74, 6) is 1.90. The lowest BCUT2D eigenvalue weighted by Crippen LogP contribution is -2.37. The van der Waals surface area contributed by atoms with Gasteiger partial charge in [-0.1, -0.05) is 38.5 Å². The average Bonchev–Trinajstić information content (AvgIpc) is 3.11. The molecule has 0 radical (unpaired) electrons. The molecule has 1 aliphatic rings. The number of rotatable bonds is 7. The molecule has 1 aliphatic carbocycles. The van der Waals surface area contributed by atoms with E-state index in [1.807, 2.05) is 7.05 Å². The first-order valence-corrected chi connectivity index (χ1v) is 9.38. The molecule has 1 fully saturated rings. The number of aryl methyl sites for hydroxylation is 2. The smallest absolute Gasteiger partial charge is 0.191 e. The molecule has 1 heterocycles. The van der Waals surface area contributed by atoms with E-state index in [4.69, 9.17) is 0 Å². The van der Waals surface area contributed by atoms with Crippen LogP contribution in [-0.4, -0.2) is 24.5 Å². The van der Waals surface area contributed by atoms with Crippen molar-refractivity contribution in [2.75, 3.05) is 13.6 Å². The van der Waals surface area contributed by atoms with Crippen LogP contribution in [0.2, 0.25) is 0 Å².